The zero-order valence-electron chi connectivity index (χ0n) is 26.0. The number of ether oxygens (including phenoxy) is 3. The van der Waals surface area contributed by atoms with Crippen molar-refractivity contribution < 1.29 is 41.8 Å². The molecule has 1 atom stereocenters. The van der Waals surface area contributed by atoms with Crippen molar-refractivity contribution in [2.24, 2.45) is 0 Å². The first kappa shape index (κ1) is 34.1. The minimum Gasteiger partial charge on any atom is -0.493 e. The number of pyridine rings is 1. The first-order chi connectivity index (χ1) is 21.6. The van der Waals surface area contributed by atoms with Crippen LogP contribution in [0.25, 0.3) is 5.69 Å². The number of hydrogen-bond acceptors (Lipinski definition) is 8. The van der Waals surface area contributed by atoms with Crippen molar-refractivity contribution in [2.75, 3.05) is 12.3 Å². The largest absolute Gasteiger partial charge is 0.493 e. The van der Waals surface area contributed by atoms with Gasteiger partial charge in [0.15, 0.2) is 11.6 Å². The molecule has 1 aromatic heterocycles. The molecule has 13 heteroatoms. The zero-order chi connectivity index (χ0) is 33.8. The predicted octanol–water partition coefficient (Wildman–Crippen LogP) is 5.52. The van der Waals surface area contributed by atoms with E-state index in [9.17, 15) is 28.0 Å². The van der Waals surface area contributed by atoms with Gasteiger partial charge >= 0.3 is 12.1 Å². The predicted molar refractivity (Wildman–Crippen MR) is 163 cm³/mol. The summed E-state index contributed by atoms with van der Waals surface area (Å²) < 4.78 is 60.6. The number of nitrogen functional groups attached to an aromatic ring is 1. The fourth-order valence-electron chi connectivity index (χ4n) is 5.11. The molecule has 10 nitrogen and oxygen atoms in total. The van der Waals surface area contributed by atoms with E-state index < -0.39 is 63.9 Å². The van der Waals surface area contributed by atoms with Gasteiger partial charge in [-0.2, -0.15) is 0 Å². The molecule has 2 aromatic carbocycles. The van der Waals surface area contributed by atoms with Crippen LogP contribution < -0.4 is 21.3 Å². The summed E-state index contributed by atoms with van der Waals surface area (Å²) in [6, 6.07) is 5.78. The molecule has 1 saturated carbocycles. The fraction of sp³-hybridized carbons (Fsp3) is 0.394. The molecule has 0 unspecified atom stereocenters. The molecule has 0 radical (unpaired) electrons. The second kappa shape index (κ2) is 14.1. The Morgan fingerprint density at radius 1 is 1.00 bits per heavy atom. The summed E-state index contributed by atoms with van der Waals surface area (Å²) >= 11 is 0. The minimum absolute atomic E-state index is 0.0241. The van der Waals surface area contributed by atoms with E-state index in [4.69, 9.17) is 19.9 Å². The number of aromatic nitrogens is 1. The van der Waals surface area contributed by atoms with Crippen LogP contribution in [0.4, 0.5) is 23.8 Å². The lowest BCUT2D eigenvalue weighted by Crippen LogP contribution is -2.45. The summed E-state index contributed by atoms with van der Waals surface area (Å²) in [6.45, 7) is 6.40. The quantitative estimate of drug-likeness (QED) is 0.217. The van der Waals surface area contributed by atoms with Gasteiger partial charge in [0.25, 0.3) is 5.56 Å². The molecule has 0 spiro atoms. The summed E-state index contributed by atoms with van der Waals surface area (Å²) in [7, 11) is 0. The number of nitrogens with zero attached hydrogens (tertiary/aromatic N) is 1. The number of alkyl carbamates (subject to hydrolysis) is 1. The van der Waals surface area contributed by atoms with Crippen molar-refractivity contribution in [1.82, 2.24) is 9.88 Å². The maximum Gasteiger partial charge on any atom is 0.408 e. The van der Waals surface area contributed by atoms with Gasteiger partial charge < -0.3 is 25.3 Å². The van der Waals surface area contributed by atoms with Crippen molar-refractivity contribution in [3.8, 4) is 11.4 Å². The normalized spacial score (nSPS) is 14.1. The van der Waals surface area contributed by atoms with Gasteiger partial charge in [0.2, 0.25) is 0 Å². The number of nitrogens with one attached hydrogen (secondary N) is 1. The molecule has 4 rings (SSSR count). The summed E-state index contributed by atoms with van der Waals surface area (Å²) in [5.41, 5.74) is 3.74. The number of carbonyl (C=O) groups excluding carboxylic acids is 3. The van der Waals surface area contributed by atoms with Crippen molar-refractivity contribution in [3.05, 3.63) is 87.0 Å². The molecule has 0 aliphatic heterocycles. The molecule has 3 aromatic rings. The molecular weight excluding hydrogens is 607 g/mol. The Morgan fingerprint density at radius 2 is 1.67 bits per heavy atom. The second-order valence-electron chi connectivity index (χ2n) is 12.0. The zero-order valence-corrected chi connectivity index (χ0v) is 26.0. The van der Waals surface area contributed by atoms with Crippen LogP contribution in [0.1, 0.15) is 74.4 Å². The van der Waals surface area contributed by atoms with Crippen LogP contribution in [0.2, 0.25) is 0 Å². The Hall–Kier alpha value is -4.81. The smallest absolute Gasteiger partial charge is 0.408 e. The van der Waals surface area contributed by atoms with Crippen molar-refractivity contribution in [3.63, 3.8) is 0 Å². The number of rotatable bonds is 10. The van der Waals surface area contributed by atoms with Crippen LogP contribution in [-0.2, 0) is 14.3 Å². The maximum absolute atomic E-state index is 15.6. The third-order valence-electron chi connectivity index (χ3n) is 7.24. The Balaban J connectivity index is 1.53. The SMILES string of the molecule is Cc1cc(OCC[C@H](NC(=O)OC(C)(C)C)C(=O)OC2CCCC2)cc(F)c1-n1c(N)c(C(=O)c2ccc(F)cc2F)ccc1=O. The number of nitrogens with two attached hydrogens (primary N) is 1. The number of benzene rings is 2. The fourth-order valence-corrected chi connectivity index (χ4v) is 5.11. The van der Waals surface area contributed by atoms with Crippen LogP contribution in [-0.4, -0.2) is 46.8 Å². The number of carbonyl (C=O) groups is 3. The van der Waals surface area contributed by atoms with Crippen LogP contribution in [0.3, 0.4) is 0 Å². The molecule has 1 aliphatic rings. The number of hydrogen-bond donors (Lipinski definition) is 2. The number of halogens is 3. The number of ketones is 1. The molecule has 246 valence electrons. The van der Waals surface area contributed by atoms with Crippen LogP contribution in [0, 0.1) is 24.4 Å². The van der Waals surface area contributed by atoms with Gasteiger partial charge in [0, 0.05) is 24.6 Å². The summed E-state index contributed by atoms with van der Waals surface area (Å²) in [6.07, 6.45) is 2.29. The molecule has 1 fully saturated rings. The third-order valence-corrected chi connectivity index (χ3v) is 7.24. The van der Waals surface area contributed by atoms with Crippen molar-refractivity contribution in [2.45, 2.75) is 77.5 Å². The first-order valence-electron chi connectivity index (χ1n) is 14.8. The number of esters is 1. The highest BCUT2D eigenvalue weighted by Gasteiger charge is 2.29. The van der Waals surface area contributed by atoms with Gasteiger partial charge in [-0.05, 0) is 83.2 Å². The molecule has 0 saturated heterocycles. The summed E-state index contributed by atoms with van der Waals surface area (Å²) in [5.74, 6) is -4.90. The molecule has 1 aliphatic carbocycles. The lowest BCUT2D eigenvalue weighted by atomic mass is 10.0. The van der Waals surface area contributed by atoms with Gasteiger partial charge in [0.05, 0.1) is 23.4 Å². The second-order valence-corrected chi connectivity index (χ2v) is 12.0. The van der Waals surface area contributed by atoms with E-state index in [1.165, 1.54) is 13.0 Å². The lowest BCUT2D eigenvalue weighted by Gasteiger charge is -2.24. The van der Waals surface area contributed by atoms with E-state index in [-0.39, 0.29) is 41.7 Å². The van der Waals surface area contributed by atoms with E-state index in [0.29, 0.717) is 6.07 Å². The minimum atomic E-state index is -1.12. The van der Waals surface area contributed by atoms with E-state index in [0.717, 1.165) is 60.6 Å². The average Bonchev–Trinajstić information content (AvgIpc) is 3.45. The summed E-state index contributed by atoms with van der Waals surface area (Å²) in [5, 5.41) is 2.52. The van der Waals surface area contributed by atoms with Crippen LogP contribution >= 0.6 is 0 Å². The Morgan fingerprint density at radius 3 is 2.30 bits per heavy atom. The molecule has 46 heavy (non-hydrogen) atoms. The topological polar surface area (TPSA) is 139 Å². The van der Waals surface area contributed by atoms with Gasteiger partial charge in [-0.3, -0.25) is 14.2 Å². The average molecular weight is 644 g/mol. The summed E-state index contributed by atoms with van der Waals surface area (Å²) in [4.78, 5) is 51.2. The highest BCUT2D eigenvalue weighted by Crippen LogP contribution is 2.28. The van der Waals surface area contributed by atoms with E-state index in [1.54, 1.807) is 20.8 Å². The highest BCUT2D eigenvalue weighted by molar-refractivity contribution is 6.11. The van der Waals surface area contributed by atoms with Gasteiger partial charge in [-0.25, -0.2) is 22.8 Å². The molecule has 1 heterocycles. The van der Waals surface area contributed by atoms with Gasteiger partial charge in [0.1, 0.15) is 40.9 Å². The third kappa shape index (κ3) is 8.26. The number of aryl methyl sites for hydroxylation is 1. The molecule has 1 amide bonds. The van der Waals surface area contributed by atoms with E-state index in [2.05, 4.69) is 5.32 Å². The van der Waals surface area contributed by atoms with Gasteiger partial charge in [-0.15, -0.1) is 0 Å². The maximum atomic E-state index is 15.6. The Kier molecular flexibility index (Phi) is 10.4. The molecule has 3 N–H and O–H groups in total. The van der Waals surface area contributed by atoms with E-state index in [1.807, 2.05) is 0 Å². The first-order valence-corrected chi connectivity index (χ1v) is 14.8. The van der Waals surface area contributed by atoms with Crippen molar-refractivity contribution >= 4 is 23.7 Å². The van der Waals surface area contributed by atoms with Crippen molar-refractivity contribution in [1.29, 1.82) is 0 Å². The van der Waals surface area contributed by atoms with E-state index >= 15 is 4.39 Å². The lowest BCUT2D eigenvalue weighted by molar-refractivity contribution is -0.151. The Labute approximate surface area is 263 Å². The Bertz CT molecular complexity index is 1670. The molecular formula is C33H36F3N3O7. The van der Waals surface area contributed by atoms with Crippen LogP contribution in [0.15, 0.2) is 47.3 Å². The highest BCUT2D eigenvalue weighted by atomic mass is 19.1. The monoisotopic (exact) mass is 643 g/mol. The number of amides is 1. The standard InChI is InChI=1S/C33H36F3N3O7/c1-18-15-21(44-14-13-26(38-32(43)46-33(2,3)4)31(42)45-20-7-5-6-8-20)17-25(36)28(18)39-27(40)12-11-23(30(39)37)29(41)22-10-9-19(34)16-24(22)35/h9-12,15-17,20,26H,5-8,13-14,37H2,1-4H3,(H,38,43)/t26-/m0/s1. The van der Waals surface area contributed by atoms with Crippen LogP contribution in [0.5, 0.6) is 5.75 Å². The number of anilines is 1. The molecule has 0 bridgehead atoms. The van der Waals surface area contributed by atoms with Gasteiger partial charge in [-0.1, -0.05) is 0 Å².